The van der Waals surface area contributed by atoms with Crippen LogP contribution in [0.15, 0.2) is 24.3 Å². The fourth-order valence-electron chi connectivity index (χ4n) is 1.37. The molecule has 0 bridgehead atoms. The highest BCUT2D eigenvalue weighted by Crippen LogP contribution is 2.14. The molecule has 0 aliphatic rings. The normalized spacial score (nSPS) is 12.1. The molecule has 0 fully saturated rings. The predicted octanol–water partition coefficient (Wildman–Crippen LogP) is 0.996. The number of aliphatic hydroxyl groups is 1. The van der Waals surface area contributed by atoms with Crippen molar-refractivity contribution in [2.24, 2.45) is 5.41 Å². The SMILES string of the molecule is CC(C)(CO)CNS(=O)(=O)Cc1ccccc1C#N. The van der Waals surface area contributed by atoms with E-state index in [9.17, 15) is 8.42 Å². The molecule has 19 heavy (non-hydrogen) atoms. The lowest BCUT2D eigenvalue weighted by molar-refractivity contribution is 0.163. The Labute approximate surface area is 113 Å². The zero-order chi connectivity index (χ0) is 14.5. The minimum atomic E-state index is -3.52. The molecular weight excluding hydrogens is 264 g/mol. The maximum absolute atomic E-state index is 11.9. The summed E-state index contributed by atoms with van der Waals surface area (Å²) in [5, 5.41) is 18.0. The molecule has 0 aliphatic carbocycles. The quantitative estimate of drug-likeness (QED) is 0.814. The van der Waals surface area contributed by atoms with Crippen LogP contribution in [-0.2, 0) is 15.8 Å². The third kappa shape index (κ3) is 4.99. The number of benzene rings is 1. The molecule has 0 radical (unpaired) electrons. The van der Waals surface area contributed by atoms with Gasteiger partial charge in [-0.15, -0.1) is 0 Å². The number of nitrogens with zero attached hydrogens (tertiary/aromatic N) is 1. The van der Waals surface area contributed by atoms with Crippen LogP contribution in [0.5, 0.6) is 0 Å². The fourth-order valence-corrected chi connectivity index (χ4v) is 2.75. The molecule has 0 spiro atoms. The molecule has 1 aromatic rings. The van der Waals surface area contributed by atoms with Crippen molar-refractivity contribution in [3.05, 3.63) is 35.4 Å². The molecule has 0 atom stereocenters. The van der Waals surface area contributed by atoms with E-state index in [1.807, 2.05) is 6.07 Å². The molecule has 1 rings (SSSR count). The van der Waals surface area contributed by atoms with E-state index in [2.05, 4.69) is 4.72 Å². The zero-order valence-corrected chi connectivity index (χ0v) is 11.9. The van der Waals surface area contributed by atoms with Crippen molar-refractivity contribution in [3.63, 3.8) is 0 Å². The molecule has 2 N–H and O–H groups in total. The third-order valence-electron chi connectivity index (χ3n) is 2.68. The molecule has 0 aliphatic heterocycles. The number of sulfonamides is 1. The van der Waals surface area contributed by atoms with Gasteiger partial charge in [0.25, 0.3) is 0 Å². The first-order valence-electron chi connectivity index (χ1n) is 5.86. The molecule has 0 heterocycles. The van der Waals surface area contributed by atoms with Crippen LogP contribution in [0.3, 0.4) is 0 Å². The lowest BCUT2D eigenvalue weighted by atomic mass is 9.96. The summed E-state index contributed by atoms with van der Waals surface area (Å²) in [4.78, 5) is 0. The highest BCUT2D eigenvalue weighted by atomic mass is 32.2. The monoisotopic (exact) mass is 282 g/mol. The maximum atomic E-state index is 11.9. The molecule has 0 saturated carbocycles. The lowest BCUT2D eigenvalue weighted by Crippen LogP contribution is -2.36. The smallest absolute Gasteiger partial charge is 0.215 e. The van der Waals surface area contributed by atoms with Crippen LogP contribution in [0.2, 0.25) is 0 Å². The second kappa shape index (κ2) is 6.15. The highest BCUT2D eigenvalue weighted by Gasteiger charge is 2.21. The summed E-state index contributed by atoms with van der Waals surface area (Å²) >= 11 is 0. The largest absolute Gasteiger partial charge is 0.396 e. The van der Waals surface area contributed by atoms with Crippen LogP contribution in [0.25, 0.3) is 0 Å². The summed E-state index contributed by atoms with van der Waals surface area (Å²) in [7, 11) is -3.52. The number of rotatable bonds is 6. The molecule has 0 amide bonds. The lowest BCUT2D eigenvalue weighted by Gasteiger charge is -2.21. The summed E-state index contributed by atoms with van der Waals surface area (Å²) in [5.41, 5.74) is 0.315. The number of nitrogens with one attached hydrogen (secondary N) is 1. The van der Waals surface area contributed by atoms with E-state index in [4.69, 9.17) is 10.4 Å². The van der Waals surface area contributed by atoms with Gasteiger partial charge in [-0.1, -0.05) is 32.0 Å². The van der Waals surface area contributed by atoms with E-state index in [-0.39, 0.29) is 18.9 Å². The van der Waals surface area contributed by atoms with Crippen LogP contribution in [-0.4, -0.2) is 26.7 Å². The number of hydrogen-bond acceptors (Lipinski definition) is 4. The second-order valence-corrected chi connectivity index (χ2v) is 6.98. The van der Waals surface area contributed by atoms with Gasteiger partial charge in [-0.3, -0.25) is 0 Å². The molecule has 104 valence electrons. The summed E-state index contributed by atoms with van der Waals surface area (Å²) in [5.74, 6) is -0.238. The Bertz CT molecular complexity index is 574. The summed E-state index contributed by atoms with van der Waals surface area (Å²) in [6.07, 6.45) is 0. The standard InChI is InChI=1S/C13H18N2O3S/c1-13(2,10-16)9-15-19(17,18)8-12-6-4-3-5-11(12)7-14/h3-6,15-16H,8-10H2,1-2H3. The van der Waals surface area contributed by atoms with E-state index in [0.717, 1.165) is 0 Å². The fraction of sp³-hybridized carbons (Fsp3) is 0.462. The molecular formula is C13H18N2O3S. The predicted molar refractivity (Wildman–Crippen MR) is 72.7 cm³/mol. The Morgan fingerprint density at radius 3 is 2.58 bits per heavy atom. The maximum Gasteiger partial charge on any atom is 0.215 e. The van der Waals surface area contributed by atoms with Gasteiger partial charge in [0.15, 0.2) is 0 Å². The molecule has 0 saturated heterocycles. The molecule has 6 heteroatoms. The van der Waals surface area contributed by atoms with Crippen LogP contribution >= 0.6 is 0 Å². The number of nitriles is 1. The highest BCUT2D eigenvalue weighted by molar-refractivity contribution is 7.88. The summed E-state index contributed by atoms with van der Waals surface area (Å²) in [6.45, 7) is 3.57. The molecule has 0 aromatic heterocycles. The van der Waals surface area contributed by atoms with Gasteiger partial charge in [-0.2, -0.15) is 5.26 Å². The van der Waals surface area contributed by atoms with Crippen molar-refractivity contribution in [2.45, 2.75) is 19.6 Å². The number of hydrogen-bond donors (Lipinski definition) is 2. The van der Waals surface area contributed by atoms with Gasteiger partial charge in [0.2, 0.25) is 10.0 Å². The minimum absolute atomic E-state index is 0.107. The second-order valence-electron chi connectivity index (χ2n) is 5.17. The van der Waals surface area contributed by atoms with E-state index in [1.165, 1.54) is 0 Å². The van der Waals surface area contributed by atoms with Crippen molar-refractivity contribution in [1.82, 2.24) is 4.72 Å². The van der Waals surface area contributed by atoms with Gasteiger partial charge in [-0.25, -0.2) is 13.1 Å². The van der Waals surface area contributed by atoms with Crippen LogP contribution in [0.1, 0.15) is 25.0 Å². The summed E-state index contributed by atoms with van der Waals surface area (Å²) in [6, 6.07) is 8.56. The van der Waals surface area contributed by atoms with Gasteiger partial charge >= 0.3 is 0 Å². The molecule has 5 nitrogen and oxygen atoms in total. The van der Waals surface area contributed by atoms with Gasteiger partial charge in [0, 0.05) is 18.6 Å². The Kier molecular flexibility index (Phi) is 5.06. The van der Waals surface area contributed by atoms with Crippen molar-refractivity contribution >= 4 is 10.0 Å². The Hall–Kier alpha value is -1.42. The molecule has 1 aromatic carbocycles. The van der Waals surface area contributed by atoms with Crippen molar-refractivity contribution in [2.75, 3.05) is 13.2 Å². The van der Waals surface area contributed by atoms with E-state index in [0.29, 0.717) is 11.1 Å². The van der Waals surface area contributed by atoms with Crippen molar-refractivity contribution in [3.8, 4) is 6.07 Å². The van der Waals surface area contributed by atoms with Crippen LogP contribution in [0.4, 0.5) is 0 Å². The topological polar surface area (TPSA) is 90.2 Å². The third-order valence-corrected chi connectivity index (χ3v) is 3.96. The first kappa shape index (κ1) is 15.6. The first-order chi connectivity index (χ1) is 8.79. The minimum Gasteiger partial charge on any atom is -0.396 e. The van der Waals surface area contributed by atoms with Crippen molar-refractivity contribution < 1.29 is 13.5 Å². The Balaban J connectivity index is 2.78. The van der Waals surface area contributed by atoms with E-state index >= 15 is 0 Å². The van der Waals surface area contributed by atoms with E-state index < -0.39 is 15.4 Å². The zero-order valence-electron chi connectivity index (χ0n) is 11.0. The first-order valence-corrected chi connectivity index (χ1v) is 7.51. The Morgan fingerprint density at radius 2 is 2.00 bits per heavy atom. The van der Waals surface area contributed by atoms with Gasteiger partial charge in [-0.05, 0) is 11.6 Å². The van der Waals surface area contributed by atoms with Gasteiger partial charge in [0.05, 0.1) is 17.4 Å². The number of aliphatic hydroxyl groups excluding tert-OH is 1. The van der Waals surface area contributed by atoms with Crippen LogP contribution < -0.4 is 4.72 Å². The van der Waals surface area contributed by atoms with Gasteiger partial charge in [0.1, 0.15) is 0 Å². The average Bonchev–Trinajstić information content (AvgIpc) is 2.37. The van der Waals surface area contributed by atoms with E-state index in [1.54, 1.807) is 38.1 Å². The summed E-state index contributed by atoms with van der Waals surface area (Å²) < 4.78 is 26.3. The average molecular weight is 282 g/mol. The van der Waals surface area contributed by atoms with Gasteiger partial charge < -0.3 is 5.11 Å². The van der Waals surface area contributed by atoms with Crippen molar-refractivity contribution in [1.29, 1.82) is 5.26 Å². The van der Waals surface area contributed by atoms with Crippen LogP contribution in [0, 0.1) is 16.7 Å². The Morgan fingerprint density at radius 1 is 1.37 bits per heavy atom. The molecule has 0 unspecified atom stereocenters.